The van der Waals surface area contributed by atoms with Crippen LogP contribution < -0.4 is 11.3 Å². The van der Waals surface area contributed by atoms with Crippen LogP contribution in [0.4, 0.5) is 15.8 Å². The summed E-state index contributed by atoms with van der Waals surface area (Å²) in [5.41, 5.74) is 0.242. The Kier molecular flexibility index (Phi) is 2.81. The van der Waals surface area contributed by atoms with Crippen LogP contribution in [0, 0.1) is 15.9 Å². The van der Waals surface area contributed by atoms with Crippen LogP contribution in [0.3, 0.4) is 0 Å². The number of nitrogens with one attached hydrogen (secondary N) is 1. The summed E-state index contributed by atoms with van der Waals surface area (Å²) < 4.78 is 13.0. The van der Waals surface area contributed by atoms with Crippen LogP contribution in [0.15, 0.2) is 12.1 Å². The number of hydrazine groups is 1. The van der Waals surface area contributed by atoms with Gasteiger partial charge in [-0.15, -0.1) is 0 Å². The Bertz CT molecular complexity index is 434. The molecule has 4 N–H and O–H groups in total. The maximum atomic E-state index is 13.0. The minimum atomic E-state index is -1.58. The highest BCUT2D eigenvalue weighted by Crippen LogP contribution is 2.26. The number of hydrogen-bond donors (Lipinski definition) is 3. The Balaban J connectivity index is 3.43. The van der Waals surface area contributed by atoms with Crippen molar-refractivity contribution in [2.24, 2.45) is 5.84 Å². The van der Waals surface area contributed by atoms with Crippen molar-refractivity contribution in [1.82, 2.24) is 0 Å². The van der Waals surface area contributed by atoms with E-state index in [-0.39, 0.29) is 5.69 Å². The summed E-state index contributed by atoms with van der Waals surface area (Å²) in [5.74, 6) is 2.23. The second kappa shape index (κ2) is 3.88. The summed E-state index contributed by atoms with van der Waals surface area (Å²) >= 11 is 0. The second-order valence-corrected chi connectivity index (χ2v) is 2.56. The first kappa shape index (κ1) is 10.9. The van der Waals surface area contributed by atoms with Crippen LogP contribution in [0.25, 0.3) is 0 Å². The Morgan fingerprint density at radius 1 is 1.60 bits per heavy atom. The highest BCUT2D eigenvalue weighted by molar-refractivity contribution is 5.90. The second-order valence-electron chi connectivity index (χ2n) is 2.56. The molecule has 0 spiro atoms. The SMILES string of the molecule is NNc1cc(F)c(C(=O)O)cc1[N+](=O)[O-]. The molecule has 0 unspecified atom stereocenters. The van der Waals surface area contributed by atoms with Crippen LogP contribution in [-0.2, 0) is 0 Å². The third-order valence-corrected chi connectivity index (χ3v) is 1.67. The minimum absolute atomic E-state index is 0.289. The third-order valence-electron chi connectivity index (χ3n) is 1.67. The lowest BCUT2D eigenvalue weighted by molar-refractivity contribution is -0.384. The van der Waals surface area contributed by atoms with Crippen LogP contribution >= 0.6 is 0 Å². The maximum Gasteiger partial charge on any atom is 0.338 e. The molecule has 7 nitrogen and oxygen atoms in total. The summed E-state index contributed by atoms with van der Waals surface area (Å²) in [5, 5.41) is 19.0. The fraction of sp³-hybridized carbons (Fsp3) is 0. The number of nitro benzene ring substituents is 1. The molecule has 0 saturated heterocycles. The average molecular weight is 215 g/mol. The number of rotatable bonds is 3. The molecule has 0 fully saturated rings. The van der Waals surface area contributed by atoms with Gasteiger partial charge >= 0.3 is 5.97 Å². The van der Waals surface area contributed by atoms with Gasteiger partial charge in [0.25, 0.3) is 5.69 Å². The number of carboxylic acid groups (broad SMARTS) is 1. The fourth-order valence-corrected chi connectivity index (χ4v) is 0.992. The van der Waals surface area contributed by atoms with Crippen LogP contribution in [0.5, 0.6) is 0 Å². The monoisotopic (exact) mass is 215 g/mol. The van der Waals surface area contributed by atoms with Crippen LogP contribution in [-0.4, -0.2) is 16.0 Å². The van der Waals surface area contributed by atoms with E-state index in [9.17, 15) is 19.3 Å². The number of hydrogen-bond acceptors (Lipinski definition) is 5. The largest absolute Gasteiger partial charge is 0.478 e. The van der Waals surface area contributed by atoms with Crippen molar-refractivity contribution >= 4 is 17.3 Å². The molecule has 1 rings (SSSR count). The van der Waals surface area contributed by atoms with Gasteiger partial charge < -0.3 is 10.5 Å². The lowest BCUT2D eigenvalue weighted by atomic mass is 10.1. The molecule has 0 aliphatic heterocycles. The predicted molar refractivity (Wildman–Crippen MR) is 47.8 cm³/mol. The van der Waals surface area contributed by atoms with E-state index >= 15 is 0 Å². The molecule has 0 aromatic heterocycles. The van der Waals surface area contributed by atoms with Crippen molar-refractivity contribution in [3.63, 3.8) is 0 Å². The van der Waals surface area contributed by atoms with Crippen molar-refractivity contribution in [3.8, 4) is 0 Å². The number of carboxylic acids is 1. The zero-order valence-electron chi connectivity index (χ0n) is 7.23. The summed E-state index contributed by atoms with van der Waals surface area (Å²) in [6.45, 7) is 0. The number of aromatic carboxylic acids is 1. The van der Waals surface area contributed by atoms with Gasteiger partial charge in [-0.1, -0.05) is 0 Å². The molecule has 80 valence electrons. The van der Waals surface area contributed by atoms with Gasteiger partial charge in [0.15, 0.2) is 0 Å². The standard InChI is InChI=1S/C7H6FN3O4/c8-4-2-5(10-9)6(11(14)15)1-3(4)7(12)13/h1-2,10H,9H2,(H,12,13). The van der Waals surface area contributed by atoms with Gasteiger partial charge in [0.05, 0.1) is 4.92 Å². The summed E-state index contributed by atoms with van der Waals surface area (Å²) in [7, 11) is 0. The summed E-state index contributed by atoms with van der Waals surface area (Å²) in [4.78, 5) is 20.1. The molecular weight excluding hydrogens is 209 g/mol. The van der Waals surface area contributed by atoms with E-state index in [0.717, 1.165) is 0 Å². The number of benzene rings is 1. The lowest BCUT2D eigenvalue weighted by Gasteiger charge is -2.03. The molecule has 1 aromatic rings. The van der Waals surface area contributed by atoms with E-state index < -0.39 is 28.0 Å². The molecule has 0 saturated carbocycles. The Morgan fingerprint density at radius 3 is 2.60 bits per heavy atom. The van der Waals surface area contributed by atoms with E-state index in [0.29, 0.717) is 12.1 Å². The van der Waals surface area contributed by atoms with Gasteiger partial charge in [-0.25, -0.2) is 9.18 Å². The van der Waals surface area contributed by atoms with E-state index in [1.807, 2.05) is 5.43 Å². The normalized spacial score (nSPS) is 9.73. The maximum absolute atomic E-state index is 13.0. The number of nitrogens with two attached hydrogens (primary N) is 1. The predicted octanol–water partition coefficient (Wildman–Crippen LogP) is 0.718. The van der Waals surface area contributed by atoms with E-state index in [4.69, 9.17) is 10.9 Å². The molecule has 0 aliphatic rings. The zero-order chi connectivity index (χ0) is 11.6. The zero-order valence-corrected chi connectivity index (χ0v) is 7.23. The lowest BCUT2D eigenvalue weighted by Crippen LogP contribution is -2.11. The third kappa shape index (κ3) is 1.99. The first-order chi connectivity index (χ1) is 6.97. The molecule has 1 aromatic carbocycles. The molecule has 15 heavy (non-hydrogen) atoms. The Hall–Kier alpha value is -2.22. The van der Waals surface area contributed by atoms with Gasteiger partial charge in [-0.2, -0.15) is 0 Å². The molecule has 0 heterocycles. The first-order valence-corrected chi connectivity index (χ1v) is 3.65. The van der Waals surface area contributed by atoms with Gasteiger partial charge in [0.1, 0.15) is 17.1 Å². The number of anilines is 1. The Labute approximate surface area is 82.4 Å². The quantitative estimate of drug-likeness (QED) is 0.388. The van der Waals surface area contributed by atoms with Crippen LogP contribution in [0.2, 0.25) is 0 Å². The number of nitro groups is 1. The molecular formula is C7H6FN3O4. The van der Waals surface area contributed by atoms with Gasteiger partial charge in [0.2, 0.25) is 0 Å². The van der Waals surface area contributed by atoms with Crippen molar-refractivity contribution in [2.75, 3.05) is 5.43 Å². The fourth-order valence-electron chi connectivity index (χ4n) is 0.992. The Morgan fingerprint density at radius 2 is 2.20 bits per heavy atom. The van der Waals surface area contributed by atoms with Gasteiger partial charge in [0, 0.05) is 12.1 Å². The first-order valence-electron chi connectivity index (χ1n) is 3.65. The number of nitrogens with zero attached hydrogens (tertiary/aromatic N) is 1. The molecule has 0 aliphatic carbocycles. The van der Waals surface area contributed by atoms with Crippen molar-refractivity contribution in [1.29, 1.82) is 0 Å². The molecule has 0 bridgehead atoms. The highest BCUT2D eigenvalue weighted by atomic mass is 19.1. The van der Waals surface area contributed by atoms with Crippen LogP contribution in [0.1, 0.15) is 10.4 Å². The van der Waals surface area contributed by atoms with Gasteiger partial charge in [-0.05, 0) is 0 Å². The smallest absolute Gasteiger partial charge is 0.338 e. The van der Waals surface area contributed by atoms with E-state index in [1.54, 1.807) is 0 Å². The van der Waals surface area contributed by atoms with Crippen molar-refractivity contribution in [3.05, 3.63) is 33.6 Å². The number of halogens is 1. The topological polar surface area (TPSA) is 118 Å². The van der Waals surface area contributed by atoms with Crippen molar-refractivity contribution < 1.29 is 19.2 Å². The van der Waals surface area contributed by atoms with E-state index in [1.165, 1.54) is 0 Å². The average Bonchev–Trinajstić information content (AvgIpc) is 2.16. The van der Waals surface area contributed by atoms with Crippen molar-refractivity contribution in [2.45, 2.75) is 0 Å². The van der Waals surface area contributed by atoms with E-state index in [2.05, 4.69) is 0 Å². The molecule has 8 heteroatoms. The summed E-state index contributed by atoms with van der Waals surface area (Å²) in [6, 6.07) is 1.26. The number of nitrogen functional groups attached to an aromatic ring is 1. The molecule has 0 radical (unpaired) electrons. The summed E-state index contributed by atoms with van der Waals surface area (Å²) in [6.07, 6.45) is 0. The van der Waals surface area contributed by atoms with Gasteiger partial charge in [-0.3, -0.25) is 16.0 Å². The minimum Gasteiger partial charge on any atom is -0.478 e. The highest BCUT2D eigenvalue weighted by Gasteiger charge is 2.21. The molecule has 0 amide bonds. The number of carbonyl (C=O) groups is 1. The molecule has 0 atom stereocenters.